The summed E-state index contributed by atoms with van der Waals surface area (Å²) in [7, 11) is 0. The summed E-state index contributed by atoms with van der Waals surface area (Å²) in [4.78, 5) is 0. The highest BCUT2D eigenvalue weighted by Gasteiger charge is 2.28. The van der Waals surface area contributed by atoms with Crippen LogP contribution < -0.4 is 11.3 Å². The van der Waals surface area contributed by atoms with E-state index in [9.17, 15) is 0 Å². The van der Waals surface area contributed by atoms with Crippen molar-refractivity contribution in [1.29, 1.82) is 0 Å². The minimum Gasteiger partial charge on any atom is -0.378 e. The zero-order chi connectivity index (χ0) is 12.1. The van der Waals surface area contributed by atoms with Gasteiger partial charge in [0.15, 0.2) is 0 Å². The van der Waals surface area contributed by atoms with Gasteiger partial charge in [0.25, 0.3) is 0 Å². The van der Waals surface area contributed by atoms with Crippen molar-refractivity contribution in [3.05, 3.63) is 0 Å². The molecule has 1 aliphatic carbocycles. The topological polar surface area (TPSA) is 47.3 Å². The number of hydrazine groups is 1. The zero-order valence-corrected chi connectivity index (χ0v) is 11.2. The van der Waals surface area contributed by atoms with Gasteiger partial charge in [-0.3, -0.25) is 11.3 Å². The second-order valence-electron chi connectivity index (χ2n) is 6.02. The summed E-state index contributed by atoms with van der Waals surface area (Å²) >= 11 is 0. The molecule has 0 amide bonds. The Morgan fingerprint density at radius 3 is 2.53 bits per heavy atom. The van der Waals surface area contributed by atoms with E-state index in [-0.39, 0.29) is 0 Å². The van der Waals surface area contributed by atoms with Crippen molar-refractivity contribution in [2.75, 3.05) is 6.61 Å². The molecule has 2 rings (SSSR count). The third-order valence-electron chi connectivity index (χ3n) is 4.63. The fourth-order valence-electron chi connectivity index (χ4n) is 3.36. The first-order chi connectivity index (χ1) is 8.29. The maximum atomic E-state index is 5.83. The summed E-state index contributed by atoms with van der Waals surface area (Å²) in [6.07, 6.45) is 10.7. The second-order valence-corrected chi connectivity index (χ2v) is 6.02. The van der Waals surface area contributed by atoms with Crippen LogP contribution in [-0.4, -0.2) is 18.8 Å². The molecule has 3 nitrogen and oxygen atoms in total. The maximum absolute atomic E-state index is 5.83. The van der Waals surface area contributed by atoms with Gasteiger partial charge in [-0.1, -0.05) is 19.8 Å². The quantitative estimate of drug-likeness (QED) is 0.586. The van der Waals surface area contributed by atoms with Crippen LogP contribution >= 0.6 is 0 Å². The summed E-state index contributed by atoms with van der Waals surface area (Å²) < 4.78 is 5.83. The number of nitrogens with two attached hydrogens (primary N) is 1. The molecule has 2 atom stereocenters. The molecule has 0 aromatic rings. The number of hydrogen-bond acceptors (Lipinski definition) is 3. The Bertz CT molecular complexity index is 208. The Morgan fingerprint density at radius 1 is 1.18 bits per heavy atom. The van der Waals surface area contributed by atoms with Gasteiger partial charge in [0, 0.05) is 12.6 Å². The highest BCUT2D eigenvalue weighted by atomic mass is 16.5. The Morgan fingerprint density at radius 2 is 1.94 bits per heavy atom. The first kappa shape index (κ1) is 13.3. The van der Waals surface area contributed by atoms with Gasteiger partial charge >= 0.3 is 0 Å². The molecular weight excluding hydrogens is 212 g/mol. The van der Waals surface area contributed by atoms with Crippen LogP contribution in [0.5, 0.6) is 0 Å². The zero-order valence-electron chi connectivity index (χ0n) is 11.2. The predicted octanol–water partition coefficient (Wildman–Crippen LogP) is 2.60. The van der Waals surface area contributed by atoms with E-state index in [0.717, 1.165) is 24.9 Å². The molecule has 2 unspecified atom stereocenters. The van der Waals surface area contributed by atoms with Crippen molar-refractivity contribution in [2.24, 2.45) is 17.7 Å². The molecule has 0 radical (unpaired) electrons. The van der Waals surface area contributed by atoms with Gasteiger partial charge in [-0.05, 0) is 50.4 Å². The average Bonchev–Trinajstić information content (AvgIpc) is 2.38. The molecular formula is C14H28N2O. The number of hydrogen-bond donors (Lipinski definition) is 2. The third kappa shape index (κ3) is 3.94. The smallest absolute Gasteiger partial charge is 0.0590 e. The molecule has 1 aliphatic heterocycles. The lowest BCUT2D eigenvalue weighted by Crippen LogP contribution is -2.44. The van der Waals surface area contributed by atoms with Gasteiger partial charge in [0.2, 0.25) is 0 Å². The van der Waals surface area contributed by atoms with Gasteiger partial charge in [-0.15, -0.1) is 0 Å². The minimum absolute atomic E-state index is 0.448. The van der Waals surface area contributed by atoms with Gasteiger partial charge in [0.05, 0.1) is 6.10 Å². The normalized spacial score (nSPS) is 36.7. The van der Waals surface area contributed by atoms with E-state index in [1.807, 2.05) is 0 Å². The van der Waals surface area contributed by atoms with E-state index in [0.29, 0.717) is 12.1 Å². The Labute approximate surface area is 105 Å². The van der Waals surface area contributed by atoms with Gasteiger partial charge in [-0.2, -0.15) is 0 Å². The van der Waals surface area contributed by atoms with Crippen molar-refractivity contribution in [3.63, 3.8) is 0 Å². The number of rotatable bonds is 4. The summed E-state index contributed by atoms with van der Waals surface area (Å²) in [5.74, 6) is 7.43. The van der Waals surface area contributed by atoms with Gasteiger partial charge in [-0.25, -0.2) is 0 Å². The molecule has 0 spiro atoms. The lowest BCUT2D eigenvalue weighted by Gasteiger charge is -2.35. The van der Waals surface area contributed by atoms with E-state index in [2.05, 4.69) is 12.3 Å². The fourth-order valence-corrected chi connectivity index (χ4v) is 3.36. The van der Waals surface area contributed by atoms with E-state index >= 15 is 0 Å². The van der Waals surface area contributed by atoms with E-state index in [4.69, 9.17) is 10.6 Å². The Hall–Kier alpha value is -0.120. The maximum Gasteiger partial charge on any atom is 0.0590 e. The standard InChI is InChI=1S/C14H28N2O/c1-11-5-7-12(8-6-11)14(16-15)10-13-4-2-3-9-17-13/h11-14,16H,2-10,15H2,1H3. The van der Waals surface area contributed by atoms with Crippen LogP contribution in [0.1, 0.15) is 58.3 Å². The summed E-state index contributed by atoms with van der Waals surface area (Å²) in [5.41, 5.74) is 3.05. The lowest BCUT2D eigenvalue weighted by atomic mass is 9.78. The lowest BCUT2D eigenvalue weighted by molar-refractivity contribution is -0.000995. The van der Waals surface area contributed by atoms with Crippen LogP contribution in [0, 0.1) is 11.8 Å². The largest absolute Gasteiger partial charge is 0.378 e. The first-order valence-electron chi connectivity index (χ1n) is 7.37. The average molecular weight is 240 g/mol. The van der Waals surface area contributed by atoms with Crippen LogP contribution in [0.15, 0.2) is 0 Å². The van der Waals surface area contributed by atoms with E-state index in [1.165, 1.54) is 44.9 Å². The summed E-state index contributed by atoms with van der Waals surface area (Å²) in [6, 6.07) is 0.464. The SMILES string of the molecule is CC1CCC(C(CC2CCCCO2)NN)CC1. The van der Waals surface area contributed by atoms with Crippen molar-refractivity contribution in [1.82, 2.24) is 5.43 Å². The van der Waals surface area contributed by atoms with Crippen LogP contribution in [0.2, 0.25) is 0 Å². The number of nitrogens with one attached hydrogen (secondary N) is 1. The molecule has 3 heteroatoms. The van der Waals surface area contributed by atoms with Crippen LogP contribution in [-0.2, 0) is 4.74 Å². The van der Waals surface area contributed by atoms with Crippen molar-refractivity contribution >= 4 is 0 Å². The highest BCUT2D eigenvalue weighted by molar-refractivity contribution is 4.82. The van der Waals surface area contributed by atoms with Crippen molar-refractivity contribution < 1.29 is 4.74 Å². The molecule has 1 saturated carbocycles. The molecule has 17 heavy (non-hydrogen) atoms. The summed E-state index contributed by atoms with van der Waals surface area (Å²) in [5, 5.41) is 0. The first-order valence-corrected chi connectivity index (χ1v) is 7.37. The molecule has 2 aliphatic rings. The van der Waals surface area contributed by atoms with E-state index < -0.39 is 0 Å². The monoisotopic (exact) mass is 240 g/mol. The molecule has 0 aromatic heterocycles. The van der Waals surface area contributed by atoms with Crippen LogP contribution in [0.25, 0.3) is 0 Å². The highest BCUT2D eigenvalue weighted by Crippen LogP contribution is 2.32. The second kappa shape index (κ2) is 6.72. The van der Waals surface area contributed by atoms with Crippen molar-refractivity contribution in [3.8, 4) is 0 Å². The molecule has 100 valence electrons. The molecule has 0 aromatic carbocycles. The van der Waals surface area contributed by atoms with Gasteiger partial charge < -0.3 is 4.74 Å². The number of ether oxygens (including phenoxy) is 1. The van der Waals surface area contributed by atoms with E-state index in [1.54, 1.807) is 0 Å². The molecule has 3 N–H and O–H groups in total. The molecule has 2 fully saturated rings. The molecule has 1 saturated heterocycles. The van der Waals surface area contributed by atoms with Crippen LogP contribution in [0.3, 0.4) is 0 Å². The van der Waals surface area contributed by atoms with Crippen LogP contribution in [0.4, 0.5) is 0 Å². The van der Waals surface area contributed by atoms with Crippen molar-refractivity contribution in [2.45, 2.75) is 70.4 Å². The molecule has 0 bridgehead atoms. The Kier molecular flexibility index (Phi) is 5.26. The third-order valence-corrected chi connectivity index (χ3v) is 4.63. The predicted molar refractivity (Wildman–Crippen MR) is 70.4 cm³/mol. The van der Waals surface area contributed by atoms with Gasteiger partial charge in [0.1, 0.15) is 0 Å². The Balaban J connectivity index is 1.78. The fraction of sp³-hybridized carbons (Fsp3) is 1.00. The minimum atomic E-state index is 0.448. The molecule has 1 heterocycles. The summed E-state index contributed by atoms with van der Waals surface area (Å²) in [6.45, 7) is 3.31.